The van der Waals surface area contributed by atoms with Gasteiger partial charge in [-0.15, -0.1) is 0 Å². The van der Waals surface area contributed by atoms with Gasteiger partial charge < -0.3 is 15.4 Å². The van der Waals surface area contributed by atoms with Gasteiger partial charge in [0.2, 0.25) is 0 Å². The summed E-state index contributed by atoms with van der Waals surface area (Å²) in [5.74, 6) is 0.951. The first kappa shape index (κ1) is 13.9. The molecular weight excluding hydrogens is 280 g/mol. The highest BCUT2D eigenvalue weighted by Crippen LogP contribution is 2.31. The Morgan fingerprint density at radius 3 is 2.71 bits per heavy atom. The lowest BCUT2D eigenvalue weighted by molar-refractivity contribution is 0.262. The van der Waals surface area contributed by atoms with Gasteiger partial charge in [0.15, 0.2) is 5.11 Å². The third-order valence-electron chi connectivity index (χ3n) is 3.56. The highest BCUT2D eigenvalue weighted by atomic mass is 32.1. The molecule has 1 atom stereocenters. The van der Waals surface area contributed by atoms with Crippen molar-refractivity contribution in [2.75, 3.05) is 6.61 Å². The zero-order valence-corrected chi connectivity index (χ0v) is 12.5. The minimum absolute atomic E-state index is 0.214. The van der Waals surface area contributed by atoms with E-state index < -0.39 is 0 Å². The fraction of sp³-hybridized carbons (Fsp3) is 0.235. The first-order valence-corrected chi connectivity index (χ1v) is 7.54. The number of hydrogen-bond acceptors (Lipinski definition) is 2. The summed E-state index contributed by atoms with van der Waals surface area (Å²) in [6, 6.07) is 18.6. The Balaban J connectivity index is 1.58. The van der Waals surface area contributed by atoms with Gasteiger partial charge in [-0.05, 0) is 23.8 Å². The Kier molecular flexibility index (Phi) is 4.36. The average Bonchev–Trinajstić information content (AvgIpc) is 2.54. The fourth-order valence-electron chi connectivity index (χ4n) is 2.48. The van der Waals surface area contributed by atoms with Gasteiger partial charge >= 0.3 is 0 Å². The molecule has 0 amide bonds. The van der Waals surface area contributed by atoms with Crippen molar-refractivity contribution in [2.45, 2.75) is 19.0 Å². The Morgan fingerprint density at radius 1 is 1.10 bits per heavy atom. The minimum atomic E-state index is 0.214. The number of benzene rings is 2. The van der Waals surface area contributed by atoms with Crippen molar-refractivity contribution in [3.8, 4) is 5.75 Å². The number of ether oxygens (including phenoxy) is 1. The summed E-state index contributed by atoms with van der Waals surface area (Å²) in [5, 5.41) is 7.32. The summed E-state index contributed by atoms with van der Waals surface area (Å²) in [5.41, 5.74) is 2.39. The van der Waals surface area contributed by atoms with E-state index in [0.29, 0.717) is 5.11 Å². The molecule has 0 aromatic heterocycles. The zero-order chi connectivity index (χ0) is 14.5. The molecule has 0 unspecified atom stereocenters. The molecule has 1 aliphatic rings. The van der Waals surface area contributed by atoms with E-state index in [1.165, 1.54) is 11.1 Å². The highest BCUT2D eigenvalue weighted by Gasteiger charge is 2.21. The number of nitrogens with one attached hydrogen (secondary N) is 2. The predicted octanol–water partition coefficient (Wildman–Crippen LogP) is 3.17. The molecule has 2 aromatic carbocycles. The van der Waals surface area contributed by atoms with Crippen LogP contribution in [0.15, 0.2) is 54.6 Å². The van der Waals surface area contributed by atoms with Gasteiger partial charge in [0.05, 0.1) is 12.6 Å². The predicted molar refractivity (Wildman–Crippen MR) is 88.3 cm³/mol. The Morgan fingerprint density at radius 2 is 1.86 bits per heavy atom. The van der Waals surface area contributed by atoms with E-state index in [4.69, 9.17) is 17.0 Å². The van der Waals surface area contributed by atoms with Crippen molar-refractivity contribution < 1.29 is 4.74 Å². The molecule has 0 bridgehead atoms. The second-order valence-corrected chi connectivity index (χ2v) is 5.45. The molecule has 108 valence electrons. The molecule has 0 fully saturated rings. The van der Waals surface area contributed by atoms with Crippen molar-refractivity contribution in [1.82, 2.24) is 10.6 Å². The van der Waals surface area contributed by atoms with E-state index >= 15 is 0 Å². The number of para-hydroxylation sites is 1. The molecule has 1 heterocycles. The van der Waals surface area contributed by atoms with E-state index in [2.05, 4.69) is 28.8 Å². The van der Waals surface area contributed by atoms with E-state index in [0.717, 1.165) is 25.3 Å². The Bertz CT molecular complexity index is 615. The van der Waals surface area contributed by atoms with Gasteiger partial charge in [-0.25, -0.2) is 0 Å². The normalized spacial score (nSPS) is 16.5. The van der Waals surface area contributed by atoms with Crippen LogP contribution in [0.5, 0.6) is 5.75 Å². The first-order chi connectivity index (χ1) is 10.3. The second-order valence-electron chi connectivity index (χ2n) is 5.04. The van der Waals surface area contributed by atoms with Crippen molar-refractivity contribution in [2.24, 2.45) is 0 Å². The van der Waals surface area contributed by atoms with Crippen LogP contribution >= 0.6 is 12.2 Å². The first-order valence-electron chi connectivity index (χ1n) is 7.13. The van der Waals surface area contributed by atoms with Gasteiger partial charge in [0, 0.05) is 18.5 Å². The second kappa shape index (κ2) is 6.59. The quantitative estimate of drug-likeness (QED) is 0.853. The maximum absolute atomic E-state index is 5.66. The maximum atomic E-state index is 5.66. The Labute approximate surface area is 130 Å². The third kappa shape index (κ3) is 3.52. The summed E-state index contributed by atoms with van der Waals surface area (Å²) in [6.45, 7) is 1.45. The smallest absolute Gasteiger partial charge is 0.167 e. The van der Waals surface area contributed by atoms with E-state index in [1.807, 2.05) is 36.4 Å². The van der Waals surface area contributed by atoms with Gasteiger partial charge in [-0.2, -0.15) is 0 Å². The molecule has 4 heteroatoms. The van der Waals surface area contributed by atoms with Crippen LogP contribution in [0.25, 0.3) is 0 Å². The molecule has 0 saturated carbocycles. The summed E-state index contributed by atoms with van der Waals surface area (Å²) in [4.78, 5) is 0. The van der Waals surface area contributed by atoms with Crippen LogP contribution in [0, 0.1) is 0 Å². The van der Waals surface area contributed by atoms with Crippen LogP contribution in [-0.4, -0.2) is 11.7 Å². The van der Waals surface area contributed by atoms with Crippen LogP contribution < -0.4 is 15.4 Å². The van der Waals surface area contributed by atoms with Crippen LogP contribution in [0.2, 0.25) is 0 Å². The number of rotatable bonds is 3. The standard InChI is InChI=1S/C17H18N2OS/c21-17(18-12-13-6-2-1-3-7-13)19-15-10-11-20-16-9-5-4-8-14(15)16/h1-9,15H,10-12H2,(H2,18,19,21)/t15-/m1/s1. The monoisotopic (exact) mass is 298 g/mol. The van der Waals surface area contributed by atoms with E-state index in [9.17, 15) is 0 Å². The average molecular weight is 298 g/mol. The van der Waals surface area contributed by atoms with Crippen molar-refractivity contribution >= 4 is 17.3 Å². The SMILES string of the molecule is S=C(NCc1ccccc1)N[C@@H]1CCOc2ccccc21. The molecule has 3 nitrogen and oxygen atoms in total. The topological polar surface area (TPSA) is 33.3 Å². The number of thiocarbonyl (C=S) groups is 1. The van der Waals surface area contributed by atoms with Gasteiger partial charge in [0.25, 0.3) is 0 Å². The maximum Gasteiger partial charge on any atom is 0.167 e. The molecule has 21 heavy (non-hydrogen) atoms. The van der Waals surface area contributed by atoms with Gasteiger partial charge in [-0.1, -0.05) is 48.5 Å². The van der Waals surface area contributed by atoms with Crippen LogP contribution in [0.1, 0.15) is 23.6 Å². The van der Waals surface area contributed by atoms with Gasteiger partial charge in [0.1, 0.15) is 5.75 Å². The molecule has 2 aromatic rings. The molecule has 2 N–H and O–H groups in total. The summed E-state index contributed by atoms with van der Waals surface area (Å²) >= 11 is 5.40. The molecule has 0 spiro atoms. The summed E-state index contributed by atoms with van der Waals surface area (Å²) < 4.78 is 5.66. The van der Waals surface area contributed by atoms with Crippen LogP contribution in [0.4, 0.5) is 0 Å². The molecule has 1 aliphatic heterocycles. The lowest BCUT2D eigenvalue weighted by Gasteiger charge is -2.27. The van der Waals surface area contributed by atoms with Crippen LogP contribution in [0.3, 0.4) is 0 Å². The lowest BCUT2D eigenvalue weighted by atomic mass is 10.0. The Hall–Kier alpha value is -2.07. The molecule has 0 saturated heterocycles. The molecule has 3 rings (SSSR count). The molecule has 0 radical (unpaired) electrons. The van der Waals surface area contributed by atoms with Crippen molar-refractivity contribution in [1.29, 1.82) is 0 Å². The molecule has 0 aliphatic carbocycles. The summed E-state index contributed by atoms with van der Waals surface area (Å²) in [6.07, 6.45) is 0.921. The largest absolute Gasteiger partial charge is 0.493 e. The highest BCUT2D eigenvalue weighted by molar-refractivity contribution is 7.80. The molecular formula is C17H18N2OS. The van der Waals surface area contributed by atoms with E-state index in [1.54, 1.807) is 0 Å². The minimum Gasteiger partial charge on any atom is -0.493 e. The van der Waals surface area contributed by atoms with Gasteiger partial charge in [-0.3, -0.25) is 0 Å². The third-order valence-corrected chi connectivity index (χ3v) is 3.82. The summed E-state index contributed by atoms with van der Waals surface area (Å²) in [7, 11) is 0. The number of fused-ring (bicyclic) bond motifs is 1. The number of hydrogen-bond donors (Lipinski definition) is 2. The lowest BCUT2D eigenvalue weighted by Crippen LogP contribution is -2.39. The zero-order valence-electron chi connectivity index (χ0n) is 11.7. The fourth-order valence-corrected chi connectivity index (χ4v) is 2.69. The van der Waals surface area contributed by atoms with Crippen molar-refractivity contribution in [3.05, 3.63) is 65.7 Å². The van der Waals surface area contributed by atoms with Crippen LogP contribution in [-0.2, 0) is 6.54 Å². The van der Waals surface area contributed by atoms with Crippen molar-refractivity contribution in [3.63, 3.8) is 0 Å². The van der Waals surface area contributed by atoms with E-state index in [-0.39, 0.29) is 6.04 Å².